The zero-order valence-corrected chi connectivity index (χ0v) is 10.5. The molecular weight excluding hydrogens is 252 g/mol. The molecule has 0 bridgehead atoms. The first kappa shape index (κ1) is 11.0. The Labute approximate surface area is 115 Å². The van der Waals surface area contributed by atoms with Crippen molar-refractivity contribution in [1.82, 2.24) is 19.9 Å². The van der Waals surface area contributed by atoms with Crippen LogP contribution >= 0.6 is 0 Å². The van der Waals surface area contributed by atoms with E-state index in [-0.39, 0.29) is 0 Å². The van der Waals surface area contributed by atoms with Gasteiger partial charge in [-0.15, -0.1) is 0 Å². The summed E-state index contributed by atoms with van der Waals surface area (Å²) in [5.41, 5.74) is 3.54. The van der Waals surface area contributed by atoms with Gasteiger partial charge in [0.05, 0.1) is 11.9 Å². The van der Waals surface area contributed by atoms with Gasteiger partial charge in [-0.3, -0.25) is 4.98 Å². The van der Waals surface area contributed by atoms with Crippen molar-refractivity contribution in [3.05, 3.63) is 54.6 Å². The molecule has 1 aromatic carbocycles. The zero-order valence-electron chi connectivity index (χ0n) is 10.5. The van der Waals surface area contributed by atoms with Crippen LogP contribution in [0.4, 0.5) is 0 Å². The summed E-state index contributed by atoms with van der Waals surface area (Å²) in [6.07, 6.45) is 6.72. The highest BCUT2D eigenvalue weighted by atomic mass is 16.5. The topological polar surface area (TPSA) is 60.8 Å². The van der Waals surface area contributed by atoms with Gasteiger partial charge < -0.3 is 4.74 Å². The Morgan fingerprint density at radius 3 is 2.85 bits per heavy atom. The lowest BCUT2D eigenvalue weighted by atomic mass is 10.0. The number of rotatable bonds is 1. The molecule has 3 heterocycles. The van der Waals surface area contributed by atoms with Gasteiger partial charge in [0.2, 0.25) is 0 Å². The van der Waals surface area contributed by atoms with Gasteiger partial charge in [-0.05, 0) is 12.1 Å². The molecule has 20 heavy (non-hydrogen) atoms. The Hall–Kier alpha value is -2.82. The maximum absolute atomic E-state index is 5.69. The largest absolute Gasteiger partial charge is 0.488 e. The molecule has 0 fully saturated rings. The summed E-state index contributed by atoms with van der Waals surface area (Å²) < 4.78 is 5.69. The van der Waals surface area contributed by atoms with Gasteiger partial charge in [0.25, 0.3) is 0 Å². The second-order valence-corrected chi connectivity index (χ2v) is 4.44. The van der Waals surface area contributed by atoms with E-state index >= 15 is 0 Å². The maximum atomic E-state index is 5.69. The molecular formula is C15H10N4O. The predicted octanol–water partition coefficient (Wildman–Crippen LogP) is 2.49. The summed E-state index contributed by atoms with van der Waals surface area (Å²) in [5.74, 6) is 1.43. The number of aromatic nitrogens is 4. The molecule has 0 spiro atoms. The van der Waals surface area contributed by atoms with Crippen molar-refractivity contribution in [2.24, 2.45) is 0 Å². The molecule has 1 aliphatic rings. The Kier molecular flexibility index (Phi) is 2.42. The number of nitrogens with zero attached hydrogens (tertiary/aromatic N) is 4. The average Bonchev–Trinajstić information content (AvgIpc) is 2.55. The van der Waals surface area contributed by atoms with Crippen molar-refractivity contribution < 1.29 is 4.74 Å². The van der Waals surface area contributed by atoms with Crippen LogP contribution in [0.2, 0.25) is 0 Å². The molecule has 0 unspecified atom stereocenters. The van der Waals surface area contributed by atoms with E-state index in [0.717, 1.165) is 22.6 Å². The van der Waals surface area contributed by atoms with Crippen LogP contribution in [0.3, 0.4) is 0 Å². The van der Waals surface area contributed by atoms with Crippen LogP contribution in [0.1, 0.15) is 5.56 Å². The smallest absolute Gasteiger partial charge is 0.180 e. The summed E-state index contributed by atoms with van der Waals surface area (Å²) in [6, 6.07) is 7.87. The quantitative estimate of drug-likeness (QED) is 0.674. The lowest BCUT2D eigenvalue weighted by Crippen LogP contribution is -2.08. The molecule has 0 saturated heterocycles. The van der Waals surface area contributed by atoms with E-state index in [2.05, 4.69) is 19.9 Å². The van der Waals surface area contributed by atoms with Crippen LogP contribution in [-0.4, -0.2) is 19.9 Å². The van der Waals surface area contributed by atoms with Gasteiger partial charge in [-0.1, -0.05) is 12.1 Å². The van der Waals surface area contributed by atoms with E-state index in [0.29, 0.717) is 18.1 Å². The van der Waals surface area contributed by atoms with Crippen LogP contribution < -0.4 is 4.74 Å². The van der Waals surface area contributed by atoms with Gasteiger partial charge in [0.1, 0.15) is 18.1 Å². The first-order valence-corrected chi connectivity index (χ1v) is 6.26. The summed E-state index contributed by atoms with van der Waals surface area (Å²) in [6.45, 7) is 0.493. The zero-order chi connectivity index (χ0) is 13.4. The summed E-state index contributed by atoms with van der Waals surface area (Å²) in [7, 11) is 0. The summed E-state index contributed by atoms with van der Waals surface area (Å²) in [5, 5.41) is 0. The van der Waals surface area contributed by atoms with Crippen LogP contribution in [-0.2, 0) is 6.61 Å². The van der Waals surface area contributed by atoms with Gasteiger partial charge in [0, 0.05) is 29.7 Å². The monoisotopic (exact) mass is 262 g/mol. The lowest BCUT2D eigenvalue weighted by molar-refractivity contribution is 0.301. The van der Waals surface area contributed by atoms with Crippen LogP contribution in [0.5, 0.6) is 5.75 Å². The number of benzene rings is 1. The molecule has 0 N–H and O–H groups in total. The number of hydrogen-bond acceptors (Lipinski definition) is 5. The normalized spacial score (nSPS) is 12.2. The molecule has 0 radical (unpaired) electrons. The van der Waals surface area contributed by atoms with E-state index in [1.165, 1.54) is 0 Å². The molecule has 0 atom stereocenters. The summed E-state index contributed by atoms with van der Waals surface area (Å²) in [4.78, 5) is 17.3. The molecule has 5 heteroatoms. The van der Waals surface area contributed by atoms with Gasteiger partial charge in [-0.25, -0.2) is 15.0 Å². The predicted molar refractivity (Wildman–Crippen MR) is 72.8 cm³/mol. The van der Waals surface area contributed by atoms with E-state index in [9.17, 15) is 0 Å². The van der Waals surface area contributed by atoms with Crippen molar-refractivity contribution in [2.75, 3.05) is 0 Å². The van der Waals surface area contributed by atoms with E-state index < -0.39 is 0 Å². The number of ether oxygens (including phenoxy) is 1. The number of para-hydroxylation sites is 1. The molecule has 5 nitrogen and oxygen atoms in total. The molecule has 2 aromatic heterocycles. The maximum Gasteiger partial charge on any atom is 0.180 e. The Morgan fingerprint density at radius 1 is 1.00 bits per heavy atom. The molecule has 0 aliphatic carbocycles. The van der Waals surface area contributed by atoms with Crippen LogP contribution in [0.25, 0.3) is 22.8 Å². The third-order valence-corrected chi connectivity index (χ3v) is 3.18. The fourth-order valence-corrected chi connectivity index (χ4v) is 2.23. The first-order chi connectivity index (χ1) is 9.92. The molecule has 1 aliphatic heterocycles. The molecule has 96 valence electrons. The highest BCUT2D eigenvalue weighted by Gasteiger charge is 2.19. The third-order valence-electron chi connectivity index (χ3n) is 3.18. The fraction of sp³-hybridized carbons (Fsp3) is 0.0667. The van der Waals surface area contributed by atoms with E-state index in [4.69, 9.17) is 4.74 Å². The van der Waals surface area contributed by atoms with Crippen molar-refractivity contribution in [2.45, 2.75) is 6.61 Å². The second-order valence-electron chi connectivity index (χ2n) is 4.44. The standard InChI is InChI=1S/C15H10N4O/c1-2-4-13-11(3-1)14-10(9-20-13)7-18-15(19-14)12-8-16-5-6-17-12/h1-8H,9H2. The molecule has 3 aromatic rings. The fourth-order valence-electron chi connectivity index (χ4n) is 2.23. The van der Waals surface area contributed by atoms with Crippen LogP contribution in [0, 0.1) is 0 Å². The highest BCUT2D eigenvalue weighted by molar-refractivity contribution is 5.72. The van der Waals surface area contributed by atoms with Gasteiger partial charge >= 0.3 is 0 Å². The second kappa shape index (κ2) is 4.38. The minimum Gasteiger partial charge on any atom is -0.488 e. The molecule has 0 saturated carbocycles. The highest BCUT2D eigenvalue weighted by Crippen LogP contribution is 2.36. The minimum absolute atomic E-state index is 0.493. The Balaban J connectivity index is 1.90. The lowest BCUT2D eigenvalue weighted by Gasteiger charge is -2.19. The van der Waals surface area contributed by atoms with Crippen molar-refractivity contribution >= 4 is 0 Å². The Bertz CT molecular complexity index is 774. The minimum atomic E-state index is 0.493. The van der Waals surface area contributed by atoms with Crippen LogP contribution in [0.15, 0.2) is 49.1 Å². The molecule has 0 amide bonds. The van der Waals surface area contributed by atoms with Gasteiger partial charge in [-0.2, -0.15) is 0 Å². The van der Waals surface area contributed by atoms with Crippen molar-refractivity contribution in [3.8, 4) is 28.5 Å². The third kappa shape index (κ3) is 1.72. The SMILES string of the molecule is c1ccc2c(c1)OCc1cnc(-c3cnccn3)nc1-2. The molecule has 4 rings (SSSR count). The summed E-state index contributed by atoms with van der Waals surface area (Å²) >= 11 is 0. The van der Waals surface area contributed by atoms with E-state index in [1.54, 1.807) is 24.8 Å². The Morgan fingerprint density at radius 2 is 1.95 bits per heavy atom. The van der Waals surface area contributed by atoms with Gasteiger partial charge in [0.15, 0.2) is 5.82 Å². The first-order valence-electron chi connectivity index (χ1n) is 6.26. The van der Waals surface area contributed by atoms with Crippen molar-refractivity contribution in [3.63, 3.8) is 0 Å². The number of fused-ring (bicyclic) bond motifs is 3. The number of hydrogen-bond donors (Lipinski definition) is 0. The average molecular weight is 262 g/mol. The van der Waals surface area contributed by atoms with E-state index in [1.807, 2.05) is 24.3 Å². The van der Waals surface area contributed by atoms with Crippen molar-refractivity contribution in [1.29, 1.82) is 0 Å².